The van der Waals surface area contributed by atoms with Crippen molar-refractivity contribution < 1.29 is 4.79 Å². The lowest BCUT2D eigenvalue weighted by Crippen LogP contribution is -2.38. The molecule has 0 spiro atoms. The average Bonchev–Trinajstić information content (AvgIpc) is 3.11. The fourth-order valence-corrected chi connectivity index (χ4v) is 3.77. The van der Waals surface area contributed by atoms with Crippen molar-refractivity contribution in [2.24, 2.45) is 0 Å². The Morgan fingerprint density at radius 1 is 1.44 bits per heavy atom. The first-order chi connectivity index (χ1) is 8.84. The van der Waals surface area contributed by atoms with E-state index in [1.54, 1.807) is 22.7 Å². The maximum absolute atomic E-state index is 12.3. The second-order valence-corrected chi connectivity index (χ2v) is 6.18. The Morgan fingerprint density at radius 2 is 2.39 bits per heavy atom. The standard InChI is InChI=1S/C13H14N2OS2/c16-13(11-3-6-17-9-11)15-5-1-2-10(8-15)12-14-4-7-18-12/h3-4,6-7,9-10H,1-2,5,8H2. The number of hydrogen-bond acceptors (Lipinski definition) is 4. The van der Waals surface area contributed by atoms with Crippen LogP contribution < -0.4 is 0 Å². The molecule has 5 heteroatoms. The van der Waals surface area contributed by atoms with Crippen LogP contribution in [0.1, 0.15) is 34.1 Å². The monoisotopic (exact) mass is 278 g/mol. The van der Waals surface area contributed by atoms with Gasteiger partial charge in [0.15, 0.2) is 0 Å². The Hall–Kier alpha value is -1.20. The molecule has 0 aliphatic carbocycles. The summed E-state index contributed by atoms with van der Waals surface area (Å²) in [6.07, 6.45) is 4.06. The molecule has 3 heterocycles. The number of likely N-dealkylation sites (tertiary alicyclic amines) is 1. The van der Waals surface area contributed by atoms with Crippen LogP contribution in [0.15, 0.2) is 28.4 Å². The van der Waals surface area contributed by atoms with E-state index in [4.69, 9.17) is 0 Å². The Kier molecular flexibility index (Phi) is 3.43. The van der Waals surface area contributed by atoms with Crippen molar-refractivity contribution in [2.45, 2.75) is 18.8 Å². The van der Waals surface area contributed by atoms with Crippen LogP contribution in [0, 0.1) is 0 Å². The molecule has 0 aromatic carbocycles. The molecule has 1 unspecified atom stereocenters. The second kappa shape index (κ2) is 5.20. The van der Waals surface area contributed by atoms with Gasteiger partial charge in [-0.15, -0.1) is 11.3 Å². The van der Waals surface area contributed by atoms with Gasteiger partial charge in [0.25, 0.3) is 5.91 Å². The highest BCUT2D eigenvalue weighted by Crippen LogP contribution is 2.29. The van der Waals surface area contributed by atoms with E-state index in [9.17, 15) is 4.79 Å². The van der Waals surface area contributed by atoms with Crippen LogP contribution >= 0.6 is 22.7 Å². The van der Waals surface area contributed by atoms with Crippen LogP contribution in [0.25, 0.3) is 0 Å². The number of thiazole rings is 1. The summed E-state index contributed by atoms with van der Waals surface area (Å²) in [5, 5.41) is 7.05. The molecule has 1 aliphatic heterocycles. The molecule has 2 aromatic rings. The molecule has 1 fully saturated rings. The van der Waals surface area contributed by atoms with E-state index in [1.807, 2.05) is 33.3 Å². The SMILES string of the molecule is O=C(c1ccsc1)N1CCCC(c2nccs2)C1. The van der Waals surface area contributed by atoms with Crippen molar-refractivity contribution in [3.05, 3.63) is 39.0 Å². The second-order valence-electron chi connectivity index (χ2n) is 4.47. The summed E-state index contributed by atoms with van der Waals surface area (Å²) in [6, 6.07) is 1.90. The number of thiophene rings is 1. The predicted octanol–water partition coefficient (Wildman–Crippen LogP) is 3.22. The Balaban J connectivity index is 1.73. The van der Waals surface area contributed by atoms with Crippen LogP contribution in [0.2, 0.25) is 0 Å². The van der Waals surface area contributed by atoms with Crippen LogP contribution in [0.5, 0.6) is 0 Å². The van der Waals surface area contributed by atoms with Crippen LogP contribution in [-0.4, -0.2) is 28.9 Å². The molecule has 1 saturated heterocycles. The first-order valence-electron chi connectivity index (χ1n) is 6.05. The highest BCUT2D eigenvalue weighted by atomic mass is 32.1. The van der Waals surface area contributed by atoms with Gasteiger partial charge < -0.3 is 4.90 Å². The number of hydrogen-bond donors (Lipinski definition) is 0. The summed E-state index contributed by atoms with van der Waals surface area (Å²) in [7, 11) is 0. The molecule has 1 amide bonds. The van der Waals surface area contributed by atoms with Crippen molar-refractivity contribution in [2.75, 3.05) is 13.1 Å². The van der Waals surface area contributed by atoms with Gasteiger partial charge in [-0.05, 0) is 24.3 Å². The van der Waals surface area contributed by atoms with Crippen LogP contribution in [0.3, 0.4) is 0 Å². The molecule has 1 aliphatic rings. The minimum atomic E-state index is 0.164. The number of amides is 1. The molecule has 2 aromatic heterocycles. The number of piperidine rings is 1. The molecular formula is C13H14N2OS2. The number of carbonyl (C=O) groups excluding carboxylic acids is 1. The third kappa shape index (κ3) is 2.33. The molecule has 1 atom stereocenters. The topological polar surface area (TPSA) is 33.2 Å². The largest absolute Gasteiger partial charge is 0.338 e. The highest BCUT2D eigenvalue weighted by molar-refractivity contribution is 7.09. The van der Waals surface area contributed by atoms with Gasteiger partial charge in [-0.25, -0.2) is 4.98 Å². The van der Waals surface area contributed by atoms with Crippen molar-refractivity contribution in [1.82, 2.24) is 9.88 Å². The normalized spacial score (nSPS) is 20.0. The molecule has 3 nitrogen and oxygen atoms in total. The van der Waals surface area contributed by atoms with E-state index in [-0.39, 0.29) is 5.91 Å². The summed E-state index contributed by atoms with van der Waals surface area (Å²) in [6.45, 7) is 1.68. The smallest absolute Gasteiger partial charge is 0.254 e. The number of carbonyl (C=O) groups is 1. The minimum Gasteiger partial charge on any atom is -0.338 e. The summed E-state index contributed by atoms with van der Waals surface area (Å²) in [4.78, 5) is 18.6. The zero-order chi connectivity index (χ0) is 12.4. The Labute approximate surface area is 114 Å². The first-order valence-corrected chi connectivity index (χ1v) is 7.87. The minimum absolute atomic E-state index is 0.164. The molecule has 0 saturated carbocycles. The zero-order valence-electron chi connectivity index (χ0n) is 9.91. The third-order valence-electron chi connectivity index (χ3n) is 3.28. The summed E-state index contributed by atoms with van der Waals surface area (Å²) < 4.78 is 0. The Morgan fingerprint density at radius 3 is 3.11 bits per heavy atom. The fourth-order valence-electron chi connectivity index (χ4n) is 2.37. The summed E-state index contributed by atoms with van der Waals surface area (Å²) >= 11 is 3.27. The van der Waals surface area contributed by atoms with Crippen molar-refractivity contribution in [3.63, 3.8) is 0 Å². The maximum atomic E-state index is 12.3. The van der Waals surface area contributed by atoms with Crippen molar-refractivity contribution in [1.29, 1.82) is 0 Å². The average molecular weight is 278 g/mol. The van der Waals surface area contributed by atoms with Gasteiger partial charge in [0.2, 0.25) is 0 Å². The van der Waals surface area contributed by atoms with E-state index in [0.29, 0.717) is 5.92 Å². The fraction of sp³-hybridized carbons (Fsp3) is 0.385. The van der Waals surface area contributed by atoms with Gasteiger partial charge in [0, 0.05) is 36.0 Å². The van der Waals surface area contributed by atoms with E-state index in [0.717, 1.165) is 36.5 Å². The molecule has 3 rings (SSSR count). The lowest BCUT2D eigenvalue weighted by molar-refractivity contribution is 0.0707. The van der Waals surface area contributed by atoms with E-state index in [1.165, 1.54) is 0 Å². The van der Waals surface area contributed by atoms with Gasteiger partial charge >= 0.3 is 0 Å². The Bertz CT molecular complexity index is 507. The predicted molar refractivity (Wildman–Crippen MR) is 74.3 cm³/mol. The van der Waals surface area contributed by atoms with Gasteiger partial charge in [0.1, 0.15) is 0 Å². The van der Waals surface area contributed by atoms with Gasteiger partial charge in [-0.1, -0.05) is 0 Å². The van der Waals surface area contributed by atoms with Gasteiger partial charge in [-0.2, -0.15) is 11.3 Å². The number of rotatable bonds is 2. The molecule has 94 valence electrons. The van der Waals surface area contributed by atoms with Crippen molar-refractivity contribution in [3.8, 4) is 0 Å². The molecule has 0 bridgehead atoms. The van der Waals surface area contributed by atoms with Gasteiger partial charge in [0.05, 0.1) is 10.6 Å². The van der Waals surface area contributed by atoms with Crippen LogP contribution in [0.4, 0.5) is 0 Å². The highest BCUT2D eigenvalue weighted by Gasteiger charge is 2.26. The third-order valence-corrected chi connectivity index (χ3v) is 4.90. The first kappa shape index (κ1) is 11.9. The number of aromatic nitrogens is 1. The molecule has 0 radical (unpaired) electrons. The zero-order valence-corrected chi connectivity index (χ0v) is 11.5. The molecular weight excluding hydrogens is 264 g/mol. The maximum Gasteiger partial charge on any atom is 0.254 e. The lowest BCUT2D eigenvalue weighted by atomic mass is 9.98. The number of nitrogens with zero attached hydrogens (tertiary/aromatic N) is 2. The molecule has 0 N–H and O–H groups in total. The summed E-state index contributed by atoms with van der Waals surface area (Å²) in [5.74, 6) is 0.582. The quantitative estimate of drug-likeness (QED) is 0.845. The van der Waals surface area contributed by atoms with Crippen LogP contribution in [-0.2, 0) is 0 Å². The van der Waals surface area contributed by atoms with Gasteiger partial charge in [-0.3, -0.25) is 4.79 Å². The lowest BCUT2D eigenvalue weighted by Gasteiger charge is -2.31. The summed E-state index contributed by atoms with van der Waals surface area (Å²) in [5.41, 5.74) is 0.819. The van der Waals surface area contributed by atoms with E-state index >= 15 is 0 Å². The van der Waals surface area contributed by atoms with Crippen molar-refractivity contribution >= 4 is 28.6 Å². The molecule has 18 heavy (non-hydrogen) atoms. The van der Waals surface area contributed by atoms with E-state index < -0.39 is 0 Å². The van der Waals surface area contributed by atoms with E-state index in [2.05, 4.69) is 4.98 Å².